The molecule has 0 saturated heterocycles. The fourth-order valence-electron chi connectivity index (χ4n) is 2.63. The molecule has 0 amide bonds. The summed E-state index contributed by atoms with van der Waals surface area (Å²) in [7, 11) is 2.25. The number of hydrogen-bond donors (Lipinski definition) is 1. The maximum absolute atomic E-state index is 3.52. The van der Waals surface area contributed by atoms with Gasteiger partial charge in [0, 0.05) is 19.1 Å². The number of likely N-dealkylation sites (N-methyl/N-ethyl adjacent to an activating group) is 1. The third-order valence-corrected chi connectivity index (χ3v) is 3.71. The first kappa shape index (κ1) is 12.6. The molecule has 0 saturated carbocycles. The van der Waals surface area contributed by atoms with Crippen LogP contribution in [0.25, 0.3) is 0 Å². The fourth-order valence-corrected chi connectivity index (χ4v) is 2.63. The van der Waals surface area contributed by atoms with Crippen molar-refractivity contribution < 1.29 is 0 Å². The van der Waals surface area contributed by atoms with Crippen molar-refractivity contribution in [3.8, 4) is 0 Å². The first-order valence-corrected chi connectivity index (χ1v) is 6.81. The minimum absolute atomic E-state index is 0.553. The van der Waals surface area contributed by atoms with E-state index in [1.807, 2.05) is 0 Å². The van der Waals surface area contributed by atoms with Crippen molar-refractivity contribution in [1.82, 2.24) is 10.2 Å². The lowest BCUT2D eigenvalue weighted by molar-refractivity contribution is 0.224. The maximum atomic E-state index is 3.52. The minimum Gasteiger partial charge on any atom is -0.311 e. The van der Waals surface area contributed by atoms with Crippen LogP contribution in [0.3, 0.4) is 0 Å². The lowest BCUT2D eigenvalue weighted by Crippen LogP contribution is -2.38. The van der Waals surface area contributed by atoms with Gasteiger partial charge in [-0.1, -0.05) is 44.0 Å². The third-order valence-electron chi connectivity index (χ3n) is 3.71. The first-order chi connectivity index (χ1) is 8.33. The van der Waals surface area contributed by atoms with Crippen LogP contribution >= 0.6 is 0 Å². The molecule has 94 valence electrons. The Morgan fingerprint density at radius 3 is 2.94 bits per heavy atom. The molecule has 1 unspecified atom stereocenters. The second-order valence-electron chi connectivity index (χ2n) is 5.03. The molecule has 1 aromatic carbocycles. The van der Waals surface area contributed by atoms with E-state index >= 15 is 0 Å². The molecule has 1 aliphatic rings. The van der Waals surface area contributed by atoms with Crippen LogP contribution in [0, 0.1) is 0 Å². The Labute approximate surface area is 105 Å². The molecule has 1 atom stereocenters. The highest BCUT2D eigenvalue weighted by Crippen LogP contribution is 2.26. The lowest BCUT2D eigenvalue weighted by Gasteiger charge is -2.33. The molecular weight excluding hydrogens is 208 g/mol. The van der Waals surface area contributed by atoms with Gasteiger partial charge in [0.05, 0.1) is 0 Å². The van der Waals surface area contributed by atoms with Crippen molar-refractivity contribution in [1.29, 1.82) is 0 Å². The molecule has 0 bridgehead atoms. The molecule has 17 heavy (non-hydrogen) atoms. The van der Waals surface area contributed by atoms with Gasteiger partial charge in [0.15, 0.2) is 0 Å². The van der Waals surface area contributed by atoms with Crippen molar-refractivity contribution in [2.24, 2.45) is 0 Å². The molecule has 2 nitrogen and oxygen atoms in total. The van der Waals surface area contributed by atoms with Gasteiger partial charge < -0.3 is 5.32 Å². The quantitative estimate of drug-likeness (QED) is 0.785. The van der Waals surface area contributed by atoms with E-state index < -0.39 is 0 Å². The van der Waals surface area contributed by atoms with Gasteiger partial charge in [-0.3, -0.25) is 4.90 Å². The summed E-state index contributed by atoms with van der Waals surface area (Å²) in [6, 6.07) is 9.39. The molecule has 0 spiro atoms. The van der Waals surface area contributed by atoms with E-state index in [1.54, 1.807) is 0 Å². The Balaban J connectivity index is 2.02. The number of hydrogen-bond acceptors (Lipinski definition) is 2. The average Bonchev–Trinajstić information content (AvgIpc) is 2.38. The summed E-state index contributed by atoms with van der Waals surface area (Å²) in [5.41, 5.74) is 2.98. The Kier molecular flexibility index (Phi) is 4.57. The second kappa shape index (κ2) is 6.18. The molecule has 1 N–H and O–H groups in total. The monoisotopic (exact) mass is 232 g/mol. The van der Waals surface area contributed by atoms with Gasteiger partial charge in [-0.25, -0.2) is 0 Å². The highest BCUT2D eigenvalue weighted by Gasteiger charge is 2.22. The topological polar surface area (TPSA) is 15.3 Å². The summed E-state index contributed by atoms with van der Waals surface area (Å²) in [6.45, 7) is 5.57. The van der Waals surface area contributed by atoms with E-state index in [0.29, 0.717) is 6.04 Å². The highest BCUT2D eigenvalue weighted by atomic mass is 15.2. The number of unbranched alkanes of at least 4 members (excludes halogenated alkanes) is 2. The van der Waals surface area contributed by atoms with Gasteiger partial charge in [0.1, 0.15) is 0 Å². The van der Waals surface area contributed by atoms with Crippen LogP contribution in [0.1, 0.15) is 43.4 Å². The first-order valence-electron chi connectivity index (χ1n) is 6.81. The summed E-state index contributed by atoms with van der Waals surface area (Å²) < 4.78 is 0. The van der Waals surface area contributed by atoms with Gasteiger partial charge in [-0.2, -0.15) is 0 Å². The van der Waals surface area contributed by atoms with Crippen LogP contribution in [0.5, 0.6) is 0 Å². The summed E-state index contributed by atoms with van der Waals surface area (Å²) in [5.74, 6) is 0. The predicted octanol–water partition coefficient (Wildman–Crippen LogP) is 2.95. The number of nitrogens with one attached hydrogen (secondary N) is 1. The summed E-state index contributed by atoms with van der Waals surface area (Å²) in [5, 5.41) is 3.52. The van der Waals surface area contributed by atoms with Crippen molar-refractivity contribution >= 4 is 0 Å². The van der Waals surface area contributed by atoms with E-state index in [2.05, 4.69) is 48.5 Å². The second-order valence-corrected chi connectivity index (χ2v) is 5.03. The Morgan fingerprint density at radius 1 is 1.29 bits per heavy atom. The van der Waals surface area contributed by atoms with Crippen LogP contribution in [-0.4, -0.2) is 25.0 Å². The zero-order valence-corrected chi connectivity index (χ0v) is 11.1. The SMILES string of the molecule is CCCCCN(C)C1CNCc2ccccc21. The van der Waals surface area contributed by atoms with E-state index in [-0.39, 0.29) is 0 Å². The zero-order valence-electron chi connectivity index (χ0n) is 11.1. The van der Waals surface area contributed by atoms with Crippen molar-refractivity contribution in [3.05, 3.63) is 35.4 Å². The van der Waals surface area contributed by atoms with E-state index in [4.69, 9.17) is 0 Å². The van der Waals surface area contributed by atoms with Gasteiger partial charge in [0.2, 0.25) is 0 Å². The maximum Gasteiger partial charge on any atom is 0.0472 e. The highest BCUT2D eigenvalue weighted by molar-refractivity contribution is 5.32. The molecule has 0 aliphatic carbocycles. The summed E-state index contributed by atoms with van der Waals surface area (Å²) in [4.78, 5) is 2.50. The number of rotatable bonds is 5. The van der Waals surface area contributed by atoms with Crippen LogP contribution in [0.4, 0.5) is 0 Å². The van der Waals surface area contributed by atoms with Gasteiger partial charge in [0.25, 0.3) is 0 Å². The number of fused-ring (bicyclic) bond motifs is 1. The van der Waals surface area contributed by atoms with Gasteiger partial charge >= 0.3 is 0 Å². The molecule has 0 aromatic heterocycles. The molecule has 2 heteroatoms. The number of nitrogens with zero attached hydrogens (tertiary/aromatic N) is 1. The molecule has 1 aliphatic heterocycles. The number of benzene rings is 1. The Bertz CT molecular complexity index is 349. The van der Waals surface area contributed by atoms with E-state index in [1.165, 1.54) is 36.9 Å². The van der Waals surface area contributed by atoms with Crippen LogP contribution in [-0.2, 0) is 6.54 Å². The molecule has 0 radical (unpaired) electrons. The normalized spacial score (nSPS) is 19.4. The fraction of sp³-hybridized carbons (Fsp3) is 0.600. The zero-order chi connectivity index (χ0) is 12.1. The standard InChI is InChI=1S/C15H24N2/c1-3-4-7-10-17(2)15-12-16-11-13-8-5-6-9-14(13)15/h5-6,8-9,15-16H,3-4,7,10-12H2,1-2H3. The van der Waals surface area contributed by atoms with Crippen LogP contribution in [0.15, 0.2) is 24.3 Å². The predicted molar refractivity (Wildman–Crippen MR) is 73.0 cm³/mol. The van der Waals surface area contributed by atoms with E-state index in [9.17, 15) is 0 Å². The molecule has 1 aromatic rings. The lowest BCUT2D eigenvalue weighted by atomic mass is 9.95. The van der Waals surface area contributed by atoms with Gasteiger partial charge in [-0.05, 0) is 31.1 Å². The van der Waals surface area contributed by atoms with Crippen molar-refractivity contribution in [3.63, 3.8) is 0 Å². The molecule has 2 rings (SSSR count). The Morgan fingerprint density at radius 2 is 2.12 bits per heavy atom. The molecule has 1 heterocycles. The average molecular weight is 232 g/mol. The summed E-state index contributed by atoms with van der Waals surface area (Å²) >= 11 is 0. The minimum atomic E-state index is 0.553. The third kappa shape index (κ3) is 3.08. The van der Waals surface area contributed by atoms with Crippen LogP contribution in [0.2, 0.25) is 0 Å². The molecule has 0 fully saturated rings. The van der Waals surface area contributed by atoms with Crippen LogP contribution < -0.4 is 5.32 Å². The smallest absolute Gasteiger partial charge is 0.0472 e. The Hall–Kier alpha value is -0.860. The van der Waals surface area contributed by atoms with Crippen molar-refractivity contribution in [2.75, 3.05) is 20.1 Å². The van der Waals surface area contributed by atoms with E-state index in [0.717, 1.165) is 13.1 Å². The van der Waals surface area contributed by atoms with Gasteiger partial charge in [-0.15, -0.1) is 0 Å². The van der Waals surface area contributed by atoms with Crippen molar-refractivity contribution in [2.45, 2.75) is 38.8 Å². The largest absolute Gasteiger partial charge is 0.311 e. The molecular formula is C15H24N2. The summed E-state index contributed by atoms with van der Waals surface area (Å²) in [6.07, 6.45) is 3.95.